The molecule has 1 saturated carbocycles. The van der Waals surface area contributed by atoms with Gasteiger partial charge in [-0.1, -0.05) is 36.8 Å². The van der Waals surface area contributed by atoms with Crippen LogP contribution in [0.15, 0.2) is 30.3 Å². The van der Waals surface area contributed by atoms with Crippen LogP contribution in [0, 0.1) is 0 Å². The molecule has 1 aromatic rings. The maximum atomic E-state index is 9.98. The van der Waals surface area contributed by atoms with Crippen molar-refractivity contribution in [3.05, 3.63) is 35.9 Å². The summed E-state index contributed by atoms with van der Waals surface area (Å²) in [6.45, 7) is 2.88. The van der Waals surface area contributed by atoms with Crippen LogP contribution in [0.3, 0.4) is 0 Å². The van der Waals surface area contributed by atoms with Crippen LogP contribution in [-0.4, -0.2) is 35.7 Å². The molecular weight excluding hydrogens is 246 g/mol. The quantitative estimate of drug-likeness (QED) is 0.913. The average molecular weight is 273 g/mol. The lowest BCUT2D eigenvalue weighted by molar-refractivity contribution is 0.0776. The minimum Gasteiger partial charge on any atom is -0.395 e. The van der Waals surface area contributed by atoms with Crippen LogP contribution in [0.4, 0.5) is 0 Å². The Bertz CT molecular complexity index is 403. The van der Waals surface area contributed by atoms with Crippen LogP contribution < -0.4 is 0 Å². The second-order valence-electron chi connectivity index (χ2n) is 6.63. The van der Waals surface area contributed by atoms with Crippen molar-refractivity contribution >= 4 is 0 Å². The highest BCUT2D eigenvalue weighted by atomic mass is 16.3. The van der Waals surface area contributed by atoms with Crippen molar-refractivity contribution in [2.45, 2.75) is 56.4 Å². The van der Waals surface area contributed by atoms with Gasteiger partial charge in [0.15, 0.2) is 0 Å². The van der Waals surface area contributed by atoms with Gasteiger partial charge in [-0.3, -0.25) is 0 Å². The van der Waals surface area contributed by atoms with Gasteiger partial charge in [0.2, 0.25) is 0 Å². The summed E-state index contributed by atoms with van der Waals surface area (Å²) in [5.41, 5.74) is 1.35. The van der Waals surface area contributed by atoms with E-state index in [1.807, 2.05) is 0 Å². The lowest BCUT2D eigenvalue weighted by Crippen LogP contribution is -2.45. The first kappa shape index (κ1) is 14.1. The van der Waals surface area contributed by atoms with E-state index in [9.17, 15) is 5.11 Å². The average Bonchev–Trinajstić information content (AvgIpc) is 2.56. The van der Waals surface area contributed by atoms with E-state index in [1.165, 1.54) is 50.8 Å². The molecule has 1 aromatic carbocycles. The smallest absolute Gasteiger partial charge is 0.0527 e. The summed E-state index contributed by atoms with van der Waals surface area (Å²) in [7, 11) is 0. The van der Waals surface area contributed by atoms with Crippen LogP contribution in [0.1, 0.15) is 50.5 Å². The molecule has 2 nitrogen and oxygen atoms in total. The van der Waals surface area contributed by atoms with Gasteiger partial charge in [0.1, 0.15) is 0 Å². The fourth-order valence-electron chi connectivity index (χ4n) is 4.13. The molecule has 0 bridgehead atoms. The third kappa shape index (κ3) is 2.77. The number of hydrogen-bond donors (Lipinski definition) is 1. The number of rotatable bonds is 3. The van der Waals surface area contributed by atoms with Gasteiger partial charge in [-0.25, -0.2) is 0 Å². The highest BCUT2D eigenvalue weighted by Gasteiger charge is 2.37. The van der Waals surface area contributed by atoms with Gasteiger partial charge in [0, 0.05) is 11.5 Å². The molecule has 110 valence electrons. The fourth-order valence-corrected chi connectivity index (χ4v) is 4.13. The maximum Gasteiger partial charge on any atom is 0.0527 e. The second-order valence-corrected chi connectivity index (χ2v) is 6.63. The molecule has 0 amide bonds. The highest BCUT2D eigenvalue weighted by molar-refractivity contribution is 5.26. The number of benzene rings is 1. The molecule has 1 saturated heterocycles. The van der Waals surface area contributed by atoms with Crippen molar-refractivity contribution in [3.63, 3.8) is 0 Å². The zero-order valence-corrected chi connectivity index (χ0v) is 12.4. The molecule has 1 heterocycles. The number of hydrogen-bond acceptors (Lipinski definition) is 2. The van der Waals surface area contributed by atoms with Crippen LogP contribution in [-0.2, 0) is 5.41 Å². The van der Waals surface area contributed by atoms with Crippen molar-refractivity contribution in [3.8, 4) is 0 Å². The molecular formula is C18H27NO. The van der Waals surface area contributed by atoms with E-state index >= 15 is 0 Å². The zero-order chi connectivity index (χ0) is 13.8. The molecule has 0 unspecified atom stereocenters. The van der Waals surface area contributed by atoms with Gasteiger partial charge >= 0.3 is 0 Å². The summed E-state index contributed by atoms with van der Waals surface area (Å²) in [4.78, 5) is 2.70. The summed E-state index contributed by atoms with van der Waals surface area (Å²) in [5.74, 6) is 0. The number of aliphatic hydroxyl groups excluding tert-OH is 1. The molecule has 1 N–H and O–H groups in total. The third-order valence-electron chi connectivity index (χ3n) is 5.51. The molecule has 0 aromatic heterocycles. The van der Waals surface area contributed by atoms with E-state index in [-0.39, 0.29) is 5.41 Å². The minimum atomic E-state index is 0.0214. The van der Waals surface area contributed by atoms with Gasteiger partial charge in [-0.05, 0) is 57.2 Å². The lowest BCUT2D eigenvalue weighted by atomic mass is 9.68. The first-order valence-corrected chi connectivity index (χ1v) is 8.24. The standard InChI is InChI=1S/C18H27NO/c20-15-18(16-7-3-1-4-8-16)11-9-17(10-12-18)19-13-5-2-6-14-19/h1,3-4,7-8,17,20H,2,5-6,9-15H2/t17-,18+. The molecule has 1 aliphatic carbocycles. The van der Waals surface area contributed by atoms with Gasteiger partial charge in [0.25, 0.3) is 0 Å². The molecule has 2 aliphatic rings. The Morgan fingerprint density at radius 1 is 1.00 bits per heavy atom. The van der Waals surface area contributed by atoms with E-state index in [0.717, 1.165) is 18.9 Å². The van der Waals surface area contributed by atoms with Gasteiger partial charge in [-0.2, -0.15) is 0 Å². The Balaban J connectivity index is 1.66. The van der Waals surface area contributed by atoms with Crippen LogP contribution >= 0.6 is 0 Å². The number of aliphatic hydroxyl groups is 1. The van der Waals surface area contributed by atoms with E-state index in [2.05, 4.69) is 35.2 Å². The van der Waals surface area contributed by atoms with Crippen molar-refractivity contribution < 1.29 is 5.11 Å². The van der Waals surface area contributed by atoms with Crippen LogP contribution in [0.5, 0.6) is 0 Å². The van der Waals surface area contributed by atoms with Crippen LogP contribution in [0.2, 0.25) is 0 Å². The lowest BCUT2D eigenvalue weighted by Gasteiger charge is -2.44. The number of piperidine rings is 1. The van der Waals surface area contributed by atoms with Crippen molar-refractivity contribution in [1.82, 2.24) is 4.90 Å². The highest BCUT2D eigenvalue weighted by Crippen LogP contribution is 2.40. The zero-order valence-electron chi connectivity index (χ0n) is 12.4. The van der Waals surface area contributed by atoms with E-state index in [1.54, 1.807) is 0 Å². The van der Waals surface area contributed by atoms with Gasteiger partial charge < -0.3 is 10.0 Å². The molecule has 0 spiro atoms. The molecule has 0 radical (unpaired) electrons. The first-order chi connectivity index (χ1) is 9.84. The van der Waals surface area contributed by atoms with Crippen LogP contribution in [0.25, 0.3) is 0 Å². The largest absolute Gasteiger partial charge is 0.395 e. The Labute approximate surface area is 122 Å². The second kappa shape index (κ2) is 6.28. The summed E-state index contributed by atoms with van der Waals surface area (Å²) >= 11 is 0. The summed E-state index contributed by atoms with van der Waals surface area (Å²) in [5, 5.41) is 9.98. The third-order valence-corrected chi connectivity index (χ3v) is 5.51. The molecule has 2 heteroatoms. The SMILES string of the molecule is OC[C@]1(c2ccccc2)CC[C@@H](N2CCCCC2)CC1. The Morgan fingerprint density at radius 2 is 1.65 bits per heavy atom. The van der Waals surface area contributed by atoms with Gasteiger partial charge in [-0.15, -0.1) is 0 Å². The van der Waals surface area contributed by atoms with Crippen molar-refractivity contribution in [2.75, 3.05) is 19.7 Å². The maximum absolute atomic E-state index is 9.98. The number of nitrogens with zero attached hydrogens (tertiary/aromatic N) is 1. The molecule has 0 atom stereocenters. The topological polar surface area (TPSA) is 23.5 Å². The first-order valence-electron chi connectivity index (χ1n) is 8.24. The van der Waals surface area contributed by atoms with E-state index in [0.29, 0.717) is 6.61 Å². The summed E-state index contributed by atoms with van der Waals surface area (Å²) in [6.07, 6.45) is 8.92. The summed E-state index contributed by atoms with van der Waals surface area (Å²) < 4.78 is 0. The van der Waals surface area contributed by atoms with Gasteiger partial charge in [0.05, 0.1) is 6.61 Å². The van der Waals surface area contributed by atoms with E-state index in [4.69, 9.17) is 0 Å². The number of likely N-dealkylation sites (tertiary alicyclic amines) is 1. The normalized spacial score (nSPS) is 32.1. The molecule has 20 heavy (non-hydrogen) atoms. The minimum absolute atomic E-state index is 0.0214. The summed E-state index contributed by atoms with van der Waals surface area (Å²) in [6, 6.07) is 11.4. The predicted octanol–water partition coefficient (Wildman–Crippen LogP) is 3.35. The predicted molar refractivity (Wildman–Crippen MR) is 82.9 cm³/mol. The molecule has 2 fully saturated rings. The Morgan fingerprint density at radius 3 is 2.25 bits per heavy atom. The molecule has 1 aliphatic heterocycles. The fraction of sp³-hybridized carbons (Fsp3) is 0.667. The van der Waals surface area contributed by atoms with Crippen molar-refractivity contribution in [2.24, 2.45) is 0 Å². The monoisotopic (exact) mass is 273 g/mol. The van der Waals surface area contributed by atoms with E-state index < -0.39 is 0 Å². The van der Waals surface area contributed by atoms with Crippen molar-refractivity contribution in [1.29, 1.82) is 0 Å². The Hall–Kier alpha value is -0.860. The molecule has 3 rings (SSSR count). The Kier molecular flexibility index (Phi) is 4.42.